The molecule has 0 aliphatic rings. The van der Waals surface area contributed by atoms with Crippen molar-refractivity contribution in [2.45, 2.75) is 0 Å². The Labute approximate surface area is 157 Å². The van der Waals surface area contributed by atoms with Crippen molar-refractivity contribution >= 4 is 34.1 Å². The Hall–Kier alpha value is -2.76. The van der Waals surface area contributed by atoms with Gasteiger partial charge < -0.3 is 19.6 Å². The molecule has 0 atom stereocenters. The Balaban J connectivity index is 2.72. The average molecular weight is 355 g/mol. The van der Waals surface area contributed by atoms with Crippen LogP contribution in [-0.2, 0) is 0 Å². The molecule has 0 heterocycles. The normalized spacial score (nSPS) is 12.3. The minimum absolute atomic E-state index is 0.895. The first-order chi connectivity index (χ1) is 12.3. The zero-order valence-corrected chi connectivity index (χ0v) is 17.1. The molecule has 2 aromatic carbocycles. The fraction of sp³-hybridized carbons (Fsp3) is 0.400. The molecule has 0 bridgehead atoms. The number of aliphatic imine (C=N–C) groups is 2. The molecule has 0 saturated carbocycles. The zero-order valence-electron chi connectivity index (χ0n) is 17.1. The predicted molar refractivity (Wildman–Crippen MR) is 115 cm³/mol. The van der Waals surface area contributed by atoms with Crippen LogP contribution < -0.4 is 9.80 Å². The summed E-state index contributed by atoms with van der Waals surface area (Å²) >= 11 is 0. The van der Waals surface area contributed by atoms with Crippen LogP contribution in [-0.4, -0.2) is 78.1 Å². The van der Waals surface area contributed by atoms with Crippen LogP contribution in [0.1, 0.15) is 0 Å². The smallest absolute Gasteiger partial charge is 0.200 e. The maximum absolute atomic E-state index is 4.45. The lowest BCUT2D eigenvalue weighted by Crippen LogP contribution is -2.39. The maximum atomic E-state index is 4.45. The Kier molecular flexibility index (Phi) is 6.08. The fourth-order valence-electron chi connectivity index (χ4n) is 3.38. The molecule has 6 heteroatoms. The van der Waals surface area contributed by atoms with Crippen LogP contribution in [0.4, 0.5) is 11.4 Å². The van der Waals surface area contributed by atoms with Crippen LogP contribution in [0.2, 0.25) is 0 Å². The maximum Gasteiger partial charge on any atom is 0.200 e. The summed E-state index contributed by atoms with van der Waals surface area (Å²) in [5.41, 5.74) is 2.21. The highest BCUT2D eigenvalue weighted by Gasteiger charge is 2.19. The van der Waals surface area contributed by atoms with Crippen molar-refractivity contribution in [3.8, 4) is 0 Å². The van der Waals surface area contributed by atoms with Crippen molar-refractivity contribution in [1.82, 2.24) is 9.80 Å². The van der Waals surface area contributed by atoms with Crippen LogP contribution in [0.25, 0.3) is 10.8 Å². The SMILES string of the molecule is CN=C(N(C)C)N(C)c1cccc2cccc(N(C)C(=NC)N(C)C)c12. The van der Waals surface area contributed by atoms with Gasteiger partial charge in [-0.1, -0.05) is 24.3 Å². The third-order valence-corrected chi connectivity index (χ3v) is 4.38. The van der Waals surface area contributed by atoms with Crippen molar-refractivity contribution in [2.24, 2.45) is 9.98 Å². The molecular weight excluding hydrogens is 324 g/mol. The fourth-order valence-corrected chi connectivity index (χ4v) is 3.38. The van der Waals surface area contributed by atoms with Gasteiger partial charge in [0.2, 0.25) is 0 Å². The number of hydrogen-bond donors (Lipinski definition) is 0. The third-order valence-electron chi connectivity index (χ3n) is 4.38. The van der Waals surface area contributed by atoms with Gasteiger partial charge in [-0.2, -0.15) is 0 Å². The Morgan fingerprint density at radius 1 is 0.654 bits per heavy atom. The van der Waals surface area contributed by atoms with E-state index < -0.39 is 0 Å². The summed E-state index contributed by atoms with van der Waals surface area (Å²) < 4.78 is 0. The summed E-state index contributed by atoms with van der Waals surface area (Å²) in [5, 5.41) is 2.35. The largest absolute Gasteiger partial charge is 0.349 e. The first kappa shape index (κ1) is 19.6. The van der Waals surface area contributed by atoms with Crippen molar-refractivity contribution in [3.05, 3.63) is 36.4 Å². The van der Waals surface area contributed by atoms with Crippen LogP contribution in [0, 0.1) is 0 Å². The Bertz CT molecular complexity index is 757. The van der Waals surface area contributed by atoms with Gasteiger partial charge in [0.05, 0.1) is 11.4 Å². The number of rotatable bonds is 2. The zero-order chi connectivity index (χ0) is 19.4. The molecule has 0 amide bonds. The molecule has 2 rings (SSSR count). The number of benzene rings is 2. The van der Waals surface area contributed by atoms with Crippen molar-refractivity contribution in [3.63, 3.8) is 0 Å². The molecule has 0 aliphatic carbocycles. The molecule has 0 N–H and O–H groups in total. The minimum Gasteiger partial charge on any atom is -0.349 e. The van der Waals surface area contributed by atoms with E-state index in [0.29, 0.717) is 0 Å². The van der Waals surface area contributed by atoms with Gasteiger partial charge in [0, 0.05) is 61.8 Å². The van der Waals surface area contributed by atoms with E-state index in [0.717, 1.165) is 23.3 Å². The van der Waals surface area contributed by atoms with E-state index in [1.54, 1.807) is 0 Å². The summed E-state index contributed by atoms with van der Waals surface area (Å²) in [6.45, 7) is 0. The van der Waals surface area contributed by atoms with E-state index in [4.69, 9.17) is 0 Å². The molecule has 0 unspecified atom stereocenters. The number of nitrogens with zero attached hydrogens (tertiary/aromatic N) is 6. The van der Waals surface area contributed by atoms with Crippen molar-refractivity contribution in [2.75, 3.05) is 66.2 Å². The molecule has 6 nitrogen and oxygen atoms in total. The number of anilines is 2. The number of hydrogen-bond acceptors (Lipinski definition) is 2. The highest BCUT2D eigenvalue weighted by Crippen LogP contribution is 2.35. The van der Waals surface area contributed by atoms with E-state index >= 15 is 0 Å². The van der Waals surface area contributed by atoms with E-state index in [2.05, 4.69) is 70.3 Å². The Morgan fingerprint density at radius 3 is 1.35 bits per heavy atom. The van der Waals surface area contributed by atoms with E-state index in [1.807, 2.05) is 52.1 Å². The molecular formula is C20H30N6. The van der Waals surface area contributed by atoms with E-state index in [-0.39, 0.29) is 0 Å². The molecule has 0 spiro atoms. The van der Waals surface area contributed by atoms with Crippen molar-refractivity contribution < 1.29 is 0 Å². The first-order valence-electron chi connectivity index (χ1n) is 8.60. The average Bonchev–Trinajstić information content (AvgIpc) is 2.60. The summed E-state index contributed by atoms with van der Waals surface area (Å²) in [4.78, 5) is 17.2. The van der Waals surface area contributed by atoms with Gasteiger partial charge in [0.15, 0.2) is 11.9 Å². The molecule has 0 aromatic heterocycles. The predicted octanol–water partition coefficient (Wildman–Crippen LogP) is 2.81. The van der Waals surface area contributed by atoms with Crippen LogP contribution >= 0.6 is 0 Å². The van der Waals surface area contributed by atoms with E-state index in [1.165, 1.54) is 10.8 Å². The highest BCUT2D eigenvalue weighted by atomic mass is 15.4. The molecule has 26 heavy (non-hydrogen) atoms. The van der Waals surface area contributed by atoms with Gasteiger partial charge >= 0.3 is 0 Å². The first-order valence-corrected chi connectivity index (χ1v) is 8.60. The van der Waals surface area contributed by atoms with Gasteiger partial charge in [-0.15, -0.1) is 0 Å². The van der Waals surface area contributed by atoms with Gasteiger partial charge in [0.25, 0.3) is 0 Å². The van der Waals surface area contributed by atoms with Gasteiger partial charge in [0.1, 0.15) is 0 Å². The van der Waals surface area contributed by atoms with E-state index in [9.17, 15) is 0 Å². The molecule has 140 valence electrons. The van der Waals surface area contributed by atoms with Crippen molar-refractivity contribution in [1.29, 1.82) is 0 Å². The lowest BCUT2D eigenvalue weighted by molar-refractivity contribution is 0.607. The monoisotopic (exact) mass is 354 g/mol. The molecule has 0 fully saturated rings. The standard InChI is InChI=1S/C20H30N6/c1-21-19(23(3)4)25(7)16-13-9-11-15-12-10-14-17(18(15)16)26(8)20(22-2)24(5)6/h9-14H,1-8H3. The number of guanidine groups is 2. The second-order valence-electron chi connectivity index (χ2n) is 6.61. The highest BCUT2D eigenvalue weighted by molar-refractivity contribution is 6.13. The summed E-state index contributed by atoms with van der Waals surface area (Å²) in [5.74, 6) is 1.79. The van der Waals surface area contributed by atoms with Gasteiger partial charge in [-0.25, -0.2) is 0 Å². The second kappa shape index (κ2) is 8.08. The van der Waals surface area contributed by atoms with Crippen LogP contribution in [0.5, 0.6) is 0 Å². The molecule has 2 aromatic rings. The topological polar surface area (TPSA) is 37.7 Å². The molecule has 0 aliphatic heterocycles. The quantitative estimate of drug-likeness (QED) is 0.614. The minimum atomic E-state index is 0.895. The van der Waals surface area contributed by atoms with Gasteiger partial charge in [-0.3, -0.25) is 9.98 Å². The lowest BCUT2D eigenvalue weighted by atomic mass is 10.1. The molecule has 0 radical (unpaired) electrons. The number of fused-ring (bicyclic) bond motifs is 1. The van der Waals surface area contributed by atoms with Gasteiger partial charge in [-0.05, 0) is 17.5 Å². The summed E-state index contributed by atoms with van der Waals surface area (Å²) in [6, 6.07) is 12.7. The Morgan fingerprint density at radius 2 is 1.04 bits per heavy atom. The second-order valence-corrected chi connectivity index (χ2v) is 6.61. The van der Waals surface area contributed by atoms with Crippen LogP contribution in [0.15, 0.2) is 46.4 Å². The molecule has 0 saturated heterocycles. The third kappa shape index (κ3) is 3.59. The summed E-state index contributed by atoms with van der Waals surface area (Å²) in [7, 11) is 15.8. The lowest BCUT2D eigenvalue weighted by Gasteiger charge is -2.31. The summed E-state index contributed by atoms with van der Waals surface area (Å²) in [6.07, 6.45) is 0. The van der Waals surface area contributed by atoms with Crippen LogP contribution in [0.3, 0.4) is 0 Å².